The van der Waals surface area contributed by atoms with Crippen molar-refractivity contribution < 1.29 is 9.32 Å². The highest BCUT2D eigenvalue weighted by Crippen LogP contribution is 2.19. The van der Waals surface area contributed by atoms with Crippen LogP contribution in [0.1, 0.15) is 60.1 Å². The van der Waals surface area contributed by atoms with Gasteiger partial charge in [0.1, 0.15) is 5.82 Å². The maximum atomic E-state index is 12.1. The fraction of sp³-hybridized carbons (Fsp3) is 0.571. The average molecular weight is 289 g/mol. The van der Waals surface area contributed by atoms with E-state index in [-0.39, 0.29) is 17.7 Å². The molecule has 1 atom stereocenters. The van der Waals surface area contributed by atoms with Crippen molar-refractivity contribution in [2.24, 2.45) is 0 Å². The van der Waals surface area contributed by atoms with Crippen LogP contribution in [0.4, 0.5) is 0 Å². The van der Waals surface area contributed by atoms with E-state index in [9.17, 15) is 4.79 Å². The highest BCUT2D eigenvalue weighted by atomic mass is 16.5. The summed E-state index contributed by atoms with van der Waals surface area (Å²) in [6, 6.07) is 1.40. The third-order valence-corrected chi connectivity index (χ3v) is 3.72. The largest absolute Gasteiger partial charge is 0.351 e. The zero-order chi connectivity index (χ0) is 14.8. The molecule has 0 saturated carbocycles. The first-order valence-corrected chi connectivity index (χ1v) is 7.31. The van der Waals surface area contributed by atoms with E-state index < -0.39 is 0 Å². The minimum atomic E-state index is -0.283. The molecule has 2 aromatic heterocycles. The Balaban J connectivity index is 1.75. The Hall–Kier alpha value is -2.18. The van der Waals surface area contributed by atoms with Crippen LogP contribution in [-0.4, -0.2) is 25.8 Å². The van der Waals surface area contributed by atoms with Gasteiger partial charge >= 0.3 is 0 Å². The van der Waals surface area contributed by atoms with Crippen molar-refractivity contribution >= 4 is 5.91 Å². The number of fused-ring (bicyclic) bond motifs is 1. The van der Waals surface area contributed by atoms with E-state index >= 15 is 0 Å². The van der Waals surface area contributed by atoms with Crippen molar-refractivity contribution in [3.63, 3.8) is 0 Å². The Morgan fingerprint density at radius 3 is 3.00 bits per heavy atom. The molecule has 0 radical (unpaired) electrons. The molecule has 112 valence electrons. The van der Waals surface area contributed by atoms with E-state index in [1.807, 2.05) is 6.92 Å². The number of amides is 1. The predicted molar refractivity (Wildman–Crippen MR) is 74.7 cm³/mol. The molecule has 7 nitrogen and oxygen atoms in total. The van der Waals surface area contributed by atoms with Gasteiger partial charge in [-0.2, -0.15) is 0 Å². The van der Waals surface area contributed by atoms with Gasteiger partial charge in [-0.3, -0.25) is 4.79 Å². The number of nitrogens with zero attached hydrogens (tertiary/aromatic N) is 4. The molecule has 7 heteroatoms. The maximum absolute atomic E-state index is 12.1. The van der Waals surface area contributed by atoms with Crippen LogP contribution in [0.25, 0.3) is 0 Å². The summed E-state index contributed by atoms with van der Waals surface area (Å²) in [6.45, 7) is 4.60. The topological polar surface area (TPSA) is 85.8 Å². The lowest BCUT2D eigenvalue weighted by atomic mass is 10.2. The second-order valence-electron chi connectivity index (χ2n) is 5.46. The third kappa shape index (κ3) is 2.81. The summed E-state index contributed by atoms with van der Waals surface area (Å²) in [5, 5.41) is 15.1. The van der Waals surface area contributed by atoms with Gasteiger partial charge in [0.05, 0.1) is 11.7 Å². The lowest BCUT2D eigenvalue weighted by Crippen LogP contribution is -2.28. The zero-order valence-corrected chi connectivity index (χ0v) is 12.3. The van der Waals surface area contributed by atoms with E-state index in [2.05, 4.69) is 25.2 Å². The first kappa shape index (κ1) is 13.8. The van der Waals surface area contributed by atoms with Crippen molar-refractivity contribution in [3.05, 3.63) is 29.2 Å². The Morgan fingerprint density at radius 2 is 2.24 bits per heavy atom. The highest BCUT2D eigenvalue weighted by Gasteiger charge is 2.22. The number of aryl methyl sites for hydroxylation is 2. The average Bonchev–Trinajstić information content (AvgIpc) is 2.99. The van der Waals surface area contributed by atoms with Crippen molar-refractivity contribution in [1.82, 2.24) is 25.2 Å². The van der Waals surface area contributed by atoms with Crippen LogP contribution >= 0.6 is 0 Å². The molecule has 0 saturated heterocycles. The van der Waals surface area contributed by atoms with Gasteiger partial charge in [-0.05, 0) is 26.7 Å². The first-order valence-electron chi connectivity index (χ1n) is 7.31. The summed E-state index contributed by atoms with van der Waals surface area (Å²) in [7, 11) is 0. The Labute approximate surface area is 122 Å². The summed E-state index contributed by atoms with van der Waals surface area (Å²) >= 11 is 0. The monoisotopic (exact) mass is 289 g/mol. The van der Waals surface area contributed by atoms with Gasteiger partial charge in [0, 0.05) is 19.0 Å². The Bertz CT molecular complexity index is 646. The van der Waals surface area contributed by atoms with E-state index in [4.69, 9.17) is 4.52 Å². The van der Waals surface area contributed by atoms with Crippen LogP contribution in [0.2, 0.25) is 0 Å². The van der Waals surface area contributed by atoms with Crippen LogP contribution in [0.5, 0.6) is 0 Å². The van der Waals surface area contributed by atoms with Gasteiger partial charge < -0.3 is 14.4 Å². The summed E-state index contributed by atoms with van der Waals surface area (Å²) in [5.41, 5.74) is 0.684. The fourth-order valence-corrected chi connectivity index (χ4v) is 2.63. The van der Waals surface area contributed by atoms with Gasteiger partial charge in [0.15, 0.2) is 5.82 Å². The van der Waals surface area contributed by atoms with Crippen molar-refractivity contribution in [2.75, 3.05) is 0 Å². The van der Waals surface area contributed by atoms with Crippen LogP contribution in [0, 0.1) is 6.92 Å². The zero-order valence-electron chi connectivity index (χ0n) is 12.3. The number of carbonyl (C=O) groups excluding carboxylic acids is 1. The van der Waals surface area contributed by atoms with Gasteiger partial charge in [0.2, 0.25) is 5.76 Å². The van der Waals surface area contributed by atoms with Crippen molar-refractivity contribution in [2.45, 2.75) is 52.1 Å². The van der Waals surface area contributed by atoms with E-state index in [1.165, 1.54) is 6.42 Å². The lowest BCUT2D eigenvalue weighted by molar-refractivity contribution is 0.0900. The second-order valence-corrected chi connectivity index (χ2v) is 5.46. The Kier molecular flexibility index (Phi) is 3.72. The molecule has 0 fully saturated rings. The molecule has 2 aromatic rings. The minimum absolute atomic E-state index is 0.218. The molecule has 1 N–H and O–H groups in total. The fourth-order valence-electron chi connectivity index (χ4n) is 2.63. The normalized spacial score (nSPS) is 16.1. The number of aromatic nitrogens is 4. The van der Waals surface area contributed by atoms with Crippen LogP contribution in [-0.2, 0) is 13.0 Å². The number of nitrogens with one attached hydrogen (secondary N) is 1. The van der Waals surface area contributed by atoms with Crippen molar-refractivity contribution in [3.8, 4) is 0 Å². The molecule has 3 heterocycles. The van der Waals surface area contributed by atoms with Crippen molar-refractivity contribution in [1.29, 1.82) is 0 Å². The molecule has 0 aromatic carbocycles. The van der Waals surface area contributed by atoms with Gasteiger partial charge in [-0.1, -0.05) is 11.6 Å². The minimum Gasteiger partial charge on any atom is -0.351 e. The SMILES string of the molecule is Cc1cc(C(=O)NC(C)c2nnc3n2CCCCC3)on1. The molecule has 1 aliphatic heterocycles. The molecular weight excluding hydrogens is 270 g/mol. The van der Waals surface area contributed by atoms with Gasteiger partial charge in [0.25, 0.3) is 5.91 Å². The molecule has 0 spiro atoms. The molecule has 3 rings (SSSR count). The second kappa shape index (κ2) is 5.67. The quantitative estimate of drug-likeness (QED) is 0.931. The molecule has 0 aliphatic carbocycles. The lowest BCUT2D eigenvalue weighted by Gasteiger charge is -2.14. The van der Waals surface area contributed by atoms with Crippen LogP contribution < -0.4 is 5.32 Å². The molecule has 0 bridgehead atoms. The van der Waals surface area contributed by atoms with E-state index in [0.717, 1.165) is 37.5 Å². The van der Waals surface area contributed by atoms with E-state index in [1.54, 1.807) is 13.0 Å². The Morgan fingerprint density at radius 1 is 1.38 bits per heavy atom. The third-order valence-electron chi connectivity index (χ3n) is 3.72. The summed E-state index contributed by atoms with van der Waals surface area (Å²) in [5.74, 6) is 1.75. The molecular formula is C14H19N5O2. The number of carbonyl (C=O) groups is 1. The van der Waals surface area contributed by atoms with Crippen LogP contribution in [0.15, 0.2) is 10.6 Å². The van der Waals surface area contributed by atoms with Crippen LogP contribution in [0.3, 0.4) is 0 Å². The number of hydrogen-bond acceptors (Lipinski definition) is 5. The molecule has 21 heavy (non-hydrogen) atoms. The summed E-state index contributed by atoms with van der Waals surface area (Å²) in [4.78, 5) is 12.1. The van der Waals surface area contributed by atoms with Gasteiger partial charge in [-0.25, -0.2) is 0 Å². The standard InChI is InChI=1S/C14H19N5O2/c1-9-8-11(21-18-9)14(20)15-10(2)13-17-16-12-6-4-3-5-7-19(12)13/h8,10H,3-7H2,1-2H3,(H,15,20). The van der Waals surface area contributed by atoms with Gasteiger partial charge in [-0.15, -0.1) is 10.2 Å². The highest BCUT2D eigenvalue weighted by molar-refractivity contribution is 5.91. The smallest absolute Gasteiger partial charge is 0.290 e. The predicted octanol–water partition coefficient (Wildman–Crippen LogP) is 1.79. The number of hydrogen-bond donors (Lipinski definition) is 1. The summed E-state index contributed by atoms with van der Waals surface area (Å²) in [6.07, 6.45) is 4.44. The summed E-state index contributed by atoms with van der Waals surface area (Å²) < 4.78 is 7.10. The maximum Gasteiger partial charge on any atom is 0.290 e. The molecule has 1 unspecified atom stereocenters. The molecule has 1 aliphatic rings. The van der Waals surface area contributed by atoms with E-state index in [0.29, 0.717) is 5.69 Å². The molecule has 1 amide bonds. The first-order chi connectivity index (χ1) is 10.1. The number of rotatable bonds is 3.